The Kier molecular flexibility index (Phi) is 4.55. The zero-order chi connectivity index (χ0) is 16.2. The fraction of sp³-hybridized carbons (Fsp3) is 0.389. The molecule has 1 aromatic carbocycles. The zero-order valence-corrected chi connectivity index (χ0v) is 13.6. The van der Waals surface area contributed by atoms with Gasteiger partial charge in [0.1, 0.15) is 17.8 Å². The molecule has 1 aliphatic rings. The first-order valence-electron chi connectivity index (χ1n) is 8.05. The van der Waals surface area contributed by atoms with E-state index in [0.717, 1.165) is 43.4 Å². The fourth-order valence-electron chi connectivity index (χ4n) is 2.82. The molecule has 0 aliphatic carbocycles. The molecule has 1 fully saturated rings. The molecular weight excluding hydrogens is 288 g/mol. The Balaban J connectivity index is 1.78. The van der Waals surface area contributed by atoms with Crippen LogP contribution in [0.4, 0.5) is 11.5 Å². The minimum Gasteiger partial charge on any atom is -0.356 e. The number of hydrogen-bond donors (Lipinski definition) is 0. The van der Waals surface area contributed by atoms with Gasteiger partial charge in [0.25, 0.3) is 5.91 Å². The van der Waals surface area contributed by atoms with Crippen molar-refractivity contribution in [2.24, 2.45) is 5.92 Å². The van der Waals surface area contributed by atoms with Crippen LogP contribution >= 0.6 is 0 Å². The molecule has 2 aromatic rings. The van der Waals surface area contributed by atoms with Crippen molar-refractivity contribution in [3.8, 4) is 0 Å². The Morgan fingerprint density at radius 2 is 1.87 bits per heavy atom. The second-order valence-corrected chi connectivity index (χ2v) is 6.13. The number of hydrogen-bond acceptors (Lipinski definition) is 4. The number of aromatic nitrogens is 2. The van der Waals surface area contributed by atoms with Gasteiger partial charge in [0.15, 0.2) is 0 Å². The molecule has 23 heavy (non-hydrogen) atoms. The van der Waals surface area contributed by atoms with E-state index in [1.165, 1.54) is 6.33 Å². The number of nitrogens with zero attached hydrogens (tertiary/aromatic N) is 4. The summed E-state index contributed by atoms with van der Waals surface area (Å²) in [5, 5.41) is 0. The Bertz CT molecular complexity index is 666. The predicted octanol–water partition coefficient (Wildman–Crippen LogP) is 2.99. The molecule has 5 heteroatoms. The van der Waals surface area contributed by atoms with E-state index < -0.39 is 0 Å². The molecule has 3 rings (SSSR count). The first kappa shape index (κ1) is 15.5. The first-order valence-corrected chi connectivity index (χ1v) is 8.05. The molecule has 1 aliphatic heterocycles. The van der Waals surface area contributed by atoms with Gasteiger partial charge in [-0.1, -0.05) is 25.1 Å². The molecule has 0 N–H and O–H groups in total. The Morgan fingerprint density at radius 1 is 1.17 bits per heavy atom. The summed E-state index contributed by atoms with van der Waals surface area (Å²) in [6, 6.07) is 11.4. The summed E-state index contributed by atoms with van der Waals surface area (Å²) in [5.74, 6) is 1.49. The normalized spacial score (nSPS) is 15.5. The number of anilines is 2. The summed E-state index contributed by atoms with van der Waals surface area (Å²) in [4.78, 5) is 25.0. The van der Waals surface area contributed by atoms with Crippen LogP contribution < -0.4 is 9.80 Å². The molecule has 1 saturated heterocycles. The van der Waals surface area contributed by atoms with Gasteiger partial charge in [-0.05, 0) is 30.9 Å². The lowest BCUT2D eigenvalue weighted by atomic mass is 9.99. The van der Waals surface area contributed by atoms with Gasteiger partial charge >= 0.3 is 0 Å². The molecule has 0 spiro atoms. The van der Waals surface area contributed by atoms with Crippen LogP contribution in [-0.4, -0.2) is 36.0 Å². The molecular formula is C18H22N4O. The lowest BCUT2D eigenvalue weighted by molar-refractivity contribution is 0.0988. The largest absolute Gasteiger partial charge is 0.356 e. The SMILES string of the molecule is CC1CCN(c2cc(C(=O)N(C)c3ccccc3)ncn2)CC1. The highest BCUT2D eigenvalue weighted by Gasteiger charge is 2.20. The van der Waals surface area contributed by atoms with E-state index in [-0.39, 0.29) is 5.91 Å². The number of para-hydroxylation sites is 1. The van der Waals surface area contributed by atoms with E-state index >= 15 is 0 Å². The molecule has 2 heterocycles. The maximum atomic E-state index is 12.6. The molecule has 5 nitrogen and oxygen atoms in total. The van der Waals surface area contributed by atoms with Crippen LogP contribution in [0.2, 0.25) is 0 Å². The predicted molar refractivity (Wildman–Crippen MR) is 91.8 cm³/mol. The summed E-state index contributed by atoms with van der Waals surface area (Å²) in [7, 11) is 1.77. The average Bonchev–Trinajstić information content (AvgIpc) is 2.62. The molecule has 120 valence electrons. The van der Waals surface area contributed by atoms with Crippen molar-refractivity contribution in [1.29, 1.82) is 0 Å². The van der Waals surface area contributed by atoms with Gasteiger partial charge in [0.2, 0.25) is 0 Å². The van der Waals surface area contributed by atoms with Crippen LogP contribution in [0, 0.1) is 5.92 Å². The Hall–Kier alpha value is -2.43. The lowest BCUT2D eigenvalue weighted by Crippen LogP contribution is -2.34. The summed E-state index contributed by atoms with van der Waals surface area (Å²) in [6.45, 7) is 4.25. The van der Waals surface area contributed by atoms with E-state index in [1.807, 2.05) is 30.3 Å². The molecule has 0 unspecified atom stereocenters. The number of piperidine rings is 1. The van der Waals surface area contributed by atoms with Crippen molar-refractivity contribution in [2.75, 3.05) is 29.9 Å². The van der Waals surface area contributed by atoms with Gasteiger partial charge in [-0.25, -0.2) is 9.97 Å². The van der Waals surface area contributed by atoms with Crippen molar-refractivity contribution < 1.29 is 4.79 Å². The summed E-state index contributed by atoms with van der Waals surface area (Å²) in [5.41, 5.74) is 1.28. The van der Waals surface area contributed by atoms with Gasteiger partial charge < -0.3 is 9.80 Å². The highest BCUT2D eigenvalue weighted by Crippen LogP contribution is 2.22. The van der Waals surface area contributed by atoms with Gasteiger partial charge in [-0.2, -0.15) is 0 Å². The Morgan fingerprint density at radius 3 is 2.57 bits per heavy atom. The maximum absolute atomic E-state index is 12.6. The van der Waals surface area contributed by atoms with Crippen LogP contribution in [0.15, 0.2) is 42.7 Å². The van der Waals surface area contributed by atoms with Crippen molar-refractivity contribution >= 4 is 17.4 Å². The van der Waals surface area contributed by atoms with Crippen LogP contribution in [0.3, 0.4) is 0 Å². The fourth-order valence-corrected chi connectivity index (χ4v) is 2.82. The van der Waals surface area contributed by atoms with Gasteiger partial charge in [0.05, 0.1) is 0 Å². The number of rotatable bonds is 3. The first-order chi connectivity index (χ1) is 11.1. The van der Waals surface area contributed by atoms with Crippen LogP contribution in [0.1, 0.15) is 30.3 Å². The van der Waals surface area contributed by atoms with Crippen LogP contribution in [0.25, 0.3) is 0 Å². The van der Waals surface area contributed by atoms with E-state index in [1.54, 1.807) is 18.0 Å². The van der Waals surface area contributed by atoms with Crippen molar-refractivity contribution in [2.45, 2.75) is 19.8 Å². The number of amides is 1. The second-order valence-electron chi connectivity index (χ2n) is 6.13. The third-order valence-electron chi connectivity index (χ3n) is 4.43. The monoisotopic (exact) mass is 310 g/mol. The Labute approximate surface area is 137 Å². The van der Waals surface area contributed by atoms with Crippen molar-refractivity contribution in [3.63, 3.8) is 0 Å². The number of carbonyl (C=O) groups is 1. The van der Waals surface area contributed by atoms with Gasteiger partial charge in [-0.15, -0.1) is 0 Å². The van der Waals surface area contributed by atoms with Gasteiger partial charge in [0, 0.05) is 31.9 Å². The standard InChI is InChI=1S/C18H22N4O/c1-14-8-10-22(11-9-14)17-12-16(19-13-20-17)18(23)21(2)15-6-4-3-5-7-15/h3-7,12-14H,8-11H2,1-2H3. The topological polar surface area (TPSA) is 49.3 Å². The number of benzene rings is 1. The van der Waals surface area contributed by atoms with E-state index in [4.69, 9.17) is 0 Å². The minimum absolute atomic E-state index is 0.120. The maximum Gasteiger partial charge on any atom is 0.276 e. The molecule has 1 aromatic heterocycles. The quantitative estimate of drug-likeness (QED) is 0.874. The third kappa shape index (κ3) is 3.50. The van der Waals surface area contributed by atoms with Gasteiger partial charge in [-0.3, -0.25) is 4.79 Å². The smallest absolute Gasteiger partial charge is 0.276 e. The highest BCUT2D eigenvalue weighted by molar-refractivity contribution is 6.04. The third-order valence-corrected chi connectivity index (χ3v) is 4.43. The molecule has 0 atom stereocenters. The zero-order valence-electron chi connectivity index (χ0n) is 13.6. The summed E-state index contributed by atoms with van der Waals surface area (Å²) in [6.07, 6.45) is 3.81. The lowest BCUT2D eigenvalue weighted by Gasteiger charge is -2.31. The molecule has 0 bridgehead atoms. The number of carbonyl (C=O) groups excluding carboxylic acids is 1. The van der Waals surface area contributed by atoms with E-state index in [9.17, 15) is 4.79 Å². The van der Waals surface area contributed by atoms with Crippen molar-refractivity contribution in [3.05, 3.63) is 48.4 Å². The van der Waals surface area contributed by atoms with Crippen LogP contribution in [0.5, 0.6) is 0 Å². The second kappa shape index (κ2) is 6.77. The summed E-state index contributed by atoms with van der Waals surface area (Å²) >= 11 is 0. The van der Waals surface area contributed by atoms with Crippen LogP contribution in [-0.2, 0) is 0 Å². The molecule has 1 amide bonds. The summed E-state index contributed by atoms with van der Waals surface area (Å²) < 4.78 is 0. The van der Waals surface area contributed by atoms with E-state index in [0.29, 0.717) is 5.69 Å². The molecule has 0 radical (unpaired) electrons. The molecule has 0 saturated carbocycles. The van der Waals surface area contributed by atoms with E-state index in [2.05, 4.69) is 21.8 Å². The minimum atomic E-state index is -0.120. The highest BCUT2D eigenvalue weighted by atomic mass is 16.2. The van der Waals surface area contributed by atoms with Crippen molar-refractivity contribution in [1.82, 2.24) is 9.97 Å². The average molecular weight is 310 g/mol.